The highest BCUT2D eigenvalue weighted by molar-refractivity contribution is 6.24. The fourth-order valence-corrected chi connectivity index (χ4v) is 9.71. The van der Waals surface area contributed by atoms with E-state index >= 15 is 0 Å². The normalized spacial score (nSPS) is 11.7. The van der Waals surface area contributed by atoms with E-state index in [-0.39, 0.29) is 0 Å². The minimum atomic E-state index is 1.12. The summed E-state index contributed by atoms with van der Waals surface area (Å²) in [5.41, 5.74) is 13.0. The number of hydrogen-bond acceptors (Lipinski definition) is 2. The molecule has 0 spiro atoms. The molecule has 3 heterocycles. The first-order valence-corrected chi connectivity index (χ1v) is 20.1. The molecular formula is C56H35N3. The van der Waals surface area contributed by atoms with Gasteiger partial charge in [-0.2, -0.15) is 0 Å². The van der Waals surface area contributed by atoms with Crippen molar-refractivity contribution in [2.45, 2.75) is 0 Å². The van der Waals surface area contributed by atoms with Crippen LogP contribution in [0.1, 0.15) is 0 Å². The molecule has 59 heavy (non-hydrogen) atoms. The molecule has 0 aliphatic heterocycles. The summed E-state index contributed by atoms with van der Waals surface area (Å²) >= 11 is 0. The van der Waals surface area contributed by atoms with Crippen molar-refractivity contribution in [1.82, 2.24) is 14.5 Å². The van der Waals surface area contributed by atoms with Crippen LogP contribution in [0, 0.1) is 0 Å². The van der Waals surface area contributed by atoms with E-state index in [1.165, 1.54) is 98.3 Å². The Kier molecular flexibility index (Phi) is 7.54. The highest BCUT2D eigenvalue weighted by Gasteiger charge is 2.21. The van der Waals surface area contributed by atoms with E-state index in [1.54, 1.807) is 0 Å². The number of hydrogen-bond donors (Lipinski definition) is 0. The van der Waals surface area contributed by atoms with Crippen LogP contribution in [0.25, 0.3) is 115 Å². The lowest BCUT2D eigenvalue weighted by molar-refractivity contribution is 1.18. The van der Waals surface area contributed by atoms with Crippen molar-refractivity contribution < 1.29 is 0 Å². The number of rotatable bonds is 5. The maximum absolute atomic E-state index is 4.52. The van der Waals surface area contributed by atoms with Crippen LogP contribution in [0.4, 0.5) is 0 Å². The summed E-state index contributed by atoms with van der Waals surface area (Å²) in [4.78, 5) is 9.04. The minimum Gasteiger partial charge on any atom is -0.309 e. The molecule has 9 aromatic carbocycles. The van der Waals surface area contributed by atoms with Gasteiger partial charge >= 0.3 is 0 Å². The van der Waals surface area contributed by atoms with Crippen molar-refractivity contribution in [3.63, 3.8) is 0 Å². The quantitative estimate of drug-likeness (QED) is 0.164. The van der Waals surface area contributed by atoms with Crippen LogP contribution in [0.5, 0.6) is 0 Å². The van der Waals surface area contributed by atoms with Crippen LogP contribution >= 0.6 is 0 Å². The topological polar surface area (TPSA) is 30.7 Å². The van der Waals surface area contributed by atoms with E-state index in [4.69, 9.17) is 0 Å². The molecule has 3 nitrogen and oxygen atoms in total. The van der Waals surface area contributed by atoms with Gasteiger partial charge in [0.25, 0.3) is 0 Å². The third-order valence-corrected chi connectivity index (χ3v) is 12.1. The molecule has 0 N–H and O–H groups in total. The van der Waals surface area contributed by atoms with Gasteiger partial charge in [-0.05, 0) is 125 Å². The molecule has 274 valence electrons. The zero-order chi connectivity index (χ0) is 38.9. The summed E-state index contributed by atoms with van der Waals surface area (Å²) in [5.74, 6) is 0. The predicted octanol–water partition coefficient (Wildman–Crippen LogP) is 14.9. The molecule has 0 amide bonds. The lowest BCUT2D eigenvalue weighted by Crippen LogP contribution is -1.94. The van der Waals surface area contributed by atoms with E-state index in [2.05, 4.69) is 190 Å². The van der Waals surface area contributed by atoms with E-state index < -0.39 is 0 Å². The van der Waals surface area contributed by atoms with E-state index in [1.807, 2.05) is 36.9 Å². The maximum Gasteiger partial charge on any atom is 0.0541 e. The van der Waals surface area contributed by atoms with Crippen LogP contribution in [-0.4, -0.2) is 14.5 Å². The first-order chi connectivity index (χ1) is 29.3. The lowest BCUT2D eigenvalue weighted by Gasteiger charge is -2.18. The molecular weight excluding hydrogens is 715 g/mol. The van der Waals surface area contributed by atoms with Gasteiger partial charge in [0, 0.05) is 52.4 Å². The molecule has 3 heteroatoms. The number of nitrogens with zero attached hydrogens (tertiary/aromatic N) is 3. The summed E-state index contributed by atoms with van der Waals surface area (Å²) in [7, 11) is 0. The lowest BCUT2D eigenvalue weighted by atomic mass is 9.85. The number of para-hydroxylation sites is 1. The molecule has 12 aromatic rings. The molecule has 12 rings (SSSR count). The second kappa shape index (κ2) is 13.4. The molecule has 0 aliphatic rings. The van der Waals surface area contributed by atoms with Gasteiger partial charge in [0.15, 0.2) is 0 Å². The smallest absolute Gasteiger partial charge is 0.0541 e. The minimum absolute atomic E-state index is 1.12. The average molecular weight is 750 g/mol. The van der Waals surface area contributed by atoms with E-state index in [9.17, 15) is 0 Å². The SMILES string of the molecule is c1ccc(-n2c3ccc(-c4c5ccccc5c(-c5cccnc5)c5ccccc45)cc3c3cc(-c4c5ccccc5c(-c5cccnc5)c5ccccc45)ccc32)cc1. The Labute approximate surface area is 341 Å². The van der Waals surface area contributed by atoms with Crippen molar-refractivity contribution in [3.8, 4) is 50.2 Å². The van der Waals surface area contributed by atoms with Crippen LogP contribution in [0.3, 0.4) is 0 Å². The van der Waals surface area contributed by atoms with Gasteiger partial charge in [-0.15, -0.1) is 0 Å². The molecule has 0 saturated carbocycles. The third-order valence-electron chi connectivity index (χ3n) is 12.1. The Morgan fingerprint density at radius 2 is 0.610 bits per heavy atom. The monoisotopic (exact) mass is 749 g/mol. The Morgan fingerprint density at radius 1 is 0.271 bits per heavy atom. The number of benzene rings is 9. The van der Waals surface area contributed by atoms with Crippen molar-refractivity contribution in [1.29, 1.82) is 0 Å². The second-order valence-corrected chi connectivity index (χ2v) is 15.3. The summed E-state index contributed by atoms with van der Waals surface area (Å²) in [5, 5.41) is 12.2. The first kappa shape index (κ1) is 33.3. The fraction of sp³-hybridized carbons (Fsp3) is 0. The van der Waals surface area contributed by atoms with Gasteiger partial charge in [-0.1, -0.05) is 140 Å². The van der Waals surface area contributed by atoms with Crippen molar-refractivity contribution in [3.05, 3.63) is 213 Å². The molecule has 0 fully saturated rings. The Hall–Kier alpha value is -7.88. The molecule has 0 aliphatic carbocycles. The van der Waals surface area contributed by atoms with E-state index in [0.29, 0.717) is 0 Å². The molecule has 3 aromatic heterocycles. The van der Waals surface area contributed by atoms with Crippen molar-refractivity contribution in [2.24, 2.45) is 0 Å². The number of fused-ring (bicyclic) bond motifs is 7. The molecule has 0 bridgehead atoms. The molecule has 0 unspecified atom stereocenters. The Balaban J connectivity index is 1.16. The standard InChI is InChI=1S/C56H35N3/c1-2-16-40(17-3-1)59-51-28-26-36(53-41-18-4-8-22-45(41)55(38-14-12-30-57-34-38)46-23-9-5-19-42(46)53)32-49(51)50-33-37(27-29-52(50)59)54-43-20-6-10-24-47(43)56(39-15-13-31-58-35-39)48-25-11-7-21-44(48)54/h1-35H. The highest BCUT2D eigenvalue weighted by Crippen LogP contribution is 2.47. The van der Waals surface area contributed by atoms with Crippen molar-refractivity contribution in [2.75, 3.05) is 0 Å². The summed E-state index contributed by atoms with van der Waals surface area (Å²) in [6.45, 7) is 0. The van der Waals surface area contributed by atoms with Gasteiger partial charge in [-0.25, -0.2) is 0 Å². The van der Waals surface area contributed by atoms with E-state index in [0.717, 1.165) is 16.8 Å². The van der Waals surface area contributed by atoms with Crippen LogP contribution in [0.15, 0.2) is 213 Å². The Bertz CT molecular complexity index is 3260. The van der Waals surface area contributed by atoms with Crippen LogP contribution < -0.4 is 0 Å². The maximum atomic E-state index is 4.52. The summed E-state index contributed by atoms with van der Waals surface area (Å²) < 4.78 is 2.42. The number of pyridine rings is 2. The van der Waals surface area contributed by atoms with Gasteiger partial charge in [0.1, 0.15) is 0 Å². The predicted molar refractivity (Wildman–Crippen MR) is 248 cm³/mol. The number of aromatic nitrogens is 3. The molecule has 0 saturated heterocycles. The second-order valence-electron chi connectivity index (χ2n) is 15.3. The fourth-order valence-electron chi connectivity index (χ4n) is 9.71. The summed E-state index contributed by atoms with van der Waals surface area (Å²) in [6.07, 6.45) is 7.65. The zero-order valence-electron chi connectivity index (χ0n) is 32.0. The summed E-state index contributed by atoms with van der Waals surface area (Å²) in [6, 6.07) is 68.7. The molecule has 0 atom stereocenters. The average Bonchev–Trinajstić information content (AvgIpc) is 3.63. The first-order valence-electron chi connectivity index (χ1n) is 20.1. The van der Waals surface area contributed by atoms with Gasteiger partial charge in [0.05, 0.1) is 11.0 Å². The van der Waals surface area contributed by atoms with Gasteiger partial charge < -0.3 is 4.57 Å². The van der Waals surface area contributed by atoms with Crippen LogP contribution in [0.2, 0.25) is 0 Å². The largest absolute Gasteiger partial charge is 0.309 e. The van der Waals surface area contributed by atoms with Crippen molar-refractivity contribution >= 4 is 64.9 Å². The van der Waals surface area contributed by atoms with Gasteiger partial charge in [0.2, 0.25) is 0 Å². The Morgan fingerprint density at radius 3 is 0.949 bits per heavy atom. The zero-order valence-corrected chi connectivity index (χ0v) is 32.0. The van der Waals surface area contributed by atoms with Gasteiger partial charge in [-0.3, -0.25) is 9.97 Å². The van der Waals surface area contributed by atoms with Crippen LogP contribution in [-0.2, 0) is 0 Å². The molecule has 0 radical (unpaired) electrons. The highest BCUT2D eigenvalue weighted by atomic mass is 15.0. The third kappa shape index (κ3) is 5.15.